The minimum atomic E-state index is -10.2. The van der Waals surface area contributed by atoms with Gasteiger partial charge in [0.25, 0.3) is 5.91 Å². The molecule has 3 aromatic heterocycles. The Labute approximate surface area is 271 Å². The van der Waals surface area contributed by atoms with Crippen molar-refractivity contribution >= 4 is 39.2 Å². The minimum Gasteiger partial charge on any atom is -0.465 e. The van der Waals surface area contributed by atoms with Crippen molar-refractivity contribution in [1.29, 1.82) is 0 Å². The van der Waals surface area contributed by atoms with Crippen LogP contribution in [0.1, 0.15) is 36.7 Å². The van der Waals surface area contributed by atoms with E-state index >= 15 is 0 Å². The normalized spacial score (nSPS) is 17.3. The van der Waals surface area contributed by atoms with Gasteiger partial charge in [0.2, 0.25) is 0 Å². The fraction of sp³-hybridized carbons (Fsp3) is 0.290. The van der Waals surface area contributed by atoms with Crippen LogP contribution in [0.4, 0.5) is 35.6 Å². The van der Waals surface area contributed by atoms with E-state index in [0.717, 1.165) is 17.2 Å². The SMILES string of the molecule is Cc1ccc(NC(=O)c2cc(N3CCN(C(=O)O)C(C(C)(C)C)C3)cc(S(F)(F)(F)(F)F)c2)cc1-n1ccn2nc(-c3cn[nH]c3)cc12. The molecular formula is C31H33F5N8O3S. The van der Waals surface area contributed by atoms with Crippen molar-refractivity contribution in [2.75, 3.05) is 29.9 Å². The summed E-state index contributed by atoms with van der Waals surface area (Å²) in [5, 5.41) is 23.5. The lowest BCUT2D eigenvalue weighted by Crippen LogP contribution is -2.59. The Kier molecular flexibility index (Phi) is 7.17. The number of nitrogens with one attached hydrogen (secondary N) is 2. The van der Waals surface area contributed by atoms with E-state index in [4.69, 9.17) is 0 Å². The Balaban J connectivity index is 1.34. The second-order valence-corrected chi connectivity index (χ2v) is 15.3. The summed E-state index contributed by atoms with van der Waals surface area (Å²) in [7, 11) is -10.2. The Morgan fingerprint density at radius 1 is 1.02 bits per heavy atom. The summed E-state index contributed by atoms with van der Waals surface area (Å²) >= 11 is 0. The average Bonchev–Trinajstić information content (AvgIpc) is 3.74. The number of fused-ring (bicyclic) bond motifs is 1. The van der Waals surface area contributed by atoms with Crippen molar-refractivity contribution in [2.24, 2.45) is 5.41 Å². The third-order valence-corrected chi connectivity index (χ3v) is 9.56. The van der Waals surface area contributed by atoms with Crippen molar-refractivity contribution in [3.63, 3.8) is 0 Å². The highest BCUT2D eigenvalue weighted by atomic mass is 32.5. The van der Waals surface area contributed by atoms with E-state index < -0.39 is 44.1 Å². The fourth-order valence-electron chi connectivity index (χ4n) is 5.87. The van der Waals surface area contributed by atoms with Crippen molar-refractivity contribution < 1.29 is 34.1 Å². The molecule has 1 unspecified atom stereocenters. The first kappa shape index (κ1) is 32.9. The van der Waals surface area contributed by atoms with Crippen LogP contribution >= 0.6 is 10.2 Å². The minimum absolute atomic E-state index is 0.0622. The molecule has 6 rings (SSSR count). The number of imidazole rings is 1. The van der Waals surface area contributed by atoms with Gasteiger partial charge >= 0.3 is 16.3 Å². The number of H-pyrrole nitrogens is 1. The number of amides is 2. The van der Waals surface area contributed by atoms with Gasteiger partial charge in [0.1, 0.15) is 10.5 Å². The maximum atomic E-state index is 14.2. The third-order valence-electron chi connectivity index (χ3n) is 8.43. The van der Waals surface area contributed by atoms with E-state index in [2.05, 4.69) is 20.6 Å². The molecule has 11 nitrogen and oxygen atoms in total. The van der Waals surface area contributed by atoms with E-state index in [1.165, 1.54) is 9.80 Å². The Hall–Kier alpha value is -5.06. The van der Waals surface area contributed by atoms with E-state index in [1.54, 1.807) is 68.3 Å². The van der Waals surface area contributed by atoms with E-state index in [0.29, 0.717) is 23.1 Å². The molecular weight excluding hydrogens is 659 g/mol. The number of anilines is 2. The summed E-state index contributed by atoms with van der Waals surface area (Å²) in [5.74, 6) is -1.03. The Morgan fingerprint density at radius 3 is 2.42 bits per heavy atom. The number of nitrogens with zero attached hydrogens (tertiary/aromatic N) is 6. The number of aryl methyl sites for hydroxylation is 1. The summed E-state index contributed by atoms with van der Waals surface area (Å²) in [5.41, 5.74) is 2.24. The van der Waals surface area contributed by atoms with Gasteiger partial charge in [-0.05, 0) is 48.2 Å². The number of benzene rings is 2. The van der Waals surface area contributed by atoms with Crippen LogP contribution in [-0.4, -0.2) is 72.1 Å². The van der Waals surface area contributed by atoms with Crippen LogP contribution in [0.5, 0.6) is 0 Å². The first-order chi connectivity index (χ1) is 22.2. The molecule has 0 spiro atoms. The molecule has 3 N–H and O–H groups in total. The van der Waals surface area contributed by atoms with Crippen molar-refractivity contribution in [1.82, 2.24) is 29.3 Å². The number of rotatable bonds is 6. The number of carbonyl (C=O) groups is 2. The van der Waals surface area contributed by atoms with Crippen LogP contribution < -0.4 is 10.2 Å². The van der Waals surface area contributed by atoms with Crippen LogP contribution in [0, 0.1) is 12.3 Å². The number of aromatic nitrogens is 5. The number of hydrogen-bond donors (Lipinski definition) is 3. The van der Waals surface area contributed by atoms with Gasteiger partial charge in [-0.2, -0.15) is 10.2 Å². The number of carbonyl (C=O) groups excluding carboxylic acids is 1. The van der Waals surface area contributed by atoms with Gasteiger partial charge in [-0.25, -0.2) is 9.31 Å². The number of hydrogen-bond acceptors (Lipinski definition) is 5. The Bertz CT molecular complexity index is 2050. The quantitative estimate of drug-likeness (QED) is 0.155. The van der Waals surface area contributed by atoms with Gasteiger partial charge in [-0.1, -0.05) is 46.3 Å². The van der Waals surface area contributed by atoms with Gasteiger partial charge in [0, 0.05) is 66.8 Å². The van der Waals surface area contributed by atoms with E-state index in [9.17, 15) is 34.1 Å². The highest BCUT2D eigenvalue weighted by Crippen LogP contribution is 3.02. The lowest BCUT2D eigenvalue weighted by atomic mass is 9.84. The molecule has 2 amide bonds. The average molecular weight is 693 g/mol. The van der Waals surface area contributed by atoms with Crippen LogP contribution in [0.2, 0.25) is 0 Å². The largest absolute Gasteiger partial charge is 0.465 e. The molecule has 1 fully saturated rings. The fourth-order valence-corrected chi connectivity index (χ4v) is 6.57. The molecule has 5 aromatic rings. The molecule has 0 saturated carbocycles. The first-order valence-corrected chi connectivity index (χ1v) is 16.7. The third kappa shape index (κ3) is 6.41. The molecule has 256 valence electrons. The van der Waals surface area contributed by atoms with Gasteiger partial charge in [-0.3, -0.25) is 14.5 Å². The predicted octanol–water partition coefficient (Wildman–Crippen LogP) is 7.95. The molecule has 1 aliphatic rings. The number of aromatic amines is 1. The van der Waals surface area contributed by atoms with Crippen LogP contribution in [0.3, 0.4) is 0 Å². The summed E-state index contributed by atoms with van der Waals surface area (Å²) in [6.07, 6.45) is 5.62. The topological polar surface area (TPSA) is 124 Å². The second-order valence-electron chi connectivity index (χ2n) is 12.9. The molecule has 17 heteroatoms. The second kappa shape index (κ2) is 10.5. The molecule has 1 atom stereocenters. The van der Waals surface area contributed by atoms with Crippen molar-refractivity contribution in [2.45, 2.75) is 38.6 Å². The molecule has 1 aliphatic heterocycles. The van der Waals surface area contributed by atoms with Crippen LogP contribution in [0.25, 0.3) is 22.6 Å². The van der Waals surface area contributed by atoms with Gasteiger partial charge in [-0.15, -0.1) is 0 Å². The lowest BCUT2D eigenvalue weighted by molar-refractivity contribution is 0.0748. The lowest BCUT2D eigenvalue weighted by Gasteiger charge is -2.47. The molecule has 2 aromatic carbocycles. The highest BCUT2D eigenvalue weighted by molar-refractivity contribution is 8.45. The zero-order valence-corrected chi connectivity index (χ0v) is 27.1. The maximum Gasteiger partial charge on any atom is 0.407 e. The Morgan fingerprint density at radius 2 is 1.77 bits per heavy atom. The molecule has 1 saturated heterocycles. The monoisotopic (exact) mass is 692 g/mol. The van der Waals surface area contributed by atoms with Gasteiger partial charge in [0.15, 0.2) is 0 Å². The standard InChI is InChI=1S/C31H33F5N8O3S/c1-19-5-6-22(13-26(19)42-9-10-44-28(42)15-25(40-44)21-16-37-38-17-21)39-29(45)20-11-23(14-24(12-20)48(32,33,34,35)36)41-7-8-43(30(46)47)27(18-41)31(2,3)4/h5-6,9-17,27H,7-8,18H2,1-4H3,(H,37,38)(H,39,45)(H,46,47). The molecule has 0 aliphatic carbocycles. The predicted molar refractivity (Wildman–Crippen MR) is 173 cm³/mol. The highest BCUT2D eigenvalue weighted by Gasteiger charge is 2.65. The number of carboxylic acid groups (broad SMARTS) is 1. The molecule has 4 heterocycles. The smallest absolute Gasteiger partial charge is 0.407 e. The molecule has 0 radical (unpaired) electrons. The van der Waals surface area contributed by atoms with Gasteiger partial charge in [0.05, 0.1) is 23.6 Å². The zero-order valence-electron chi connectivity index (χ0n) is 26.3. The molecule has 0 bridgehead atoms. The summed E-state index contributed by atoms with van der Waals surface area (Å²) in [6, 6.07) is 7.66. The summed E-state index contributed by atoms with van der Waals surface area (Å²) < 4.78 is 74.6. The van der Waals surface area contributed by atoms with Crippen molar-refractivity contribution in [3.8, 4) is 16.9 Å². The van der Waals surface area contributed by atoms with Gasteiger partial charge < -0.3 is 20.2 Å². The van der Waals surface area contributed by atoms with Crippen LogP contribution in [-0.2, 0) is 0 Å². The molecule has 48 heavy (non-hydrogen) atoms. The number of piperazine rings is 1. The van der Waals surface area contributed by atoms with E-state index in [-0.39, 0.29) is 37.1 Å². The maximum absolute atomic E-state index is 14.2. The number of halogens is 5. The summed E-state index contributed by atoms with van der Waals surface area (Å²) in [4.78, 5) is 25.8. The van der Waals surface area contributed by atoms with E-state index in [1.807, 2.05) is 17.6 Å². The summed E-state index contributed by atoms with van der Waals surface area (Å²) in [6.45, 7) is 6.98. The van der Waals surface area contributed by atoms with Crippen molar-refractivity contribution in [3.05, 3.63) is 78.4 Å². The van der Waals surface area contributed by atoms with Crippen LogP contribution in [0.15, 0.2) is 72.1 Å². The first-order valence-electron chi connectivity index (χ1n) is 14.8. The zero-order chi connectivity index (χ0) is 34.9.